The maximum absolute atomic E-state index is 6.19. The molecule has 202 valence electrons. The van der Waals surface area contributed by atoms with E-state index in [-0.39, 0.29) is 12.0 Å². The normalized spacial score (nSPS) is 17.1. The third-order valence-corrected chi connectivity index (χ3v) is 9.22. The van der Waals surface area contributed by atoms with Gasteiger partial charge in [0.25, 0.3) is 0 Å². The second-order valence-electron chi connectivity index (χ2n) is 11.6. The molecule has 1 heterocycles. The smallest absolute Gasteiger partial charge is 0.128 e. The van der Waals surface area contributed by atoms with Crippen LogP contribution in [-0.4, -0.2) is 6.10 Å². The van der Waals surface area contributed by atoms with E-state index in [9.17, 15) is 0 Å². The summed E-state index contributed by atoms with van der Waals surface area (Å²) in [5, 5.41) is 7.65. The molecular formula is C42H28O. The van der Waals surface area contributed by atoms with Crippen LogP contribution in [0.1, 0.15) is 17.0 Å². The first-order chi connectivity index (χ1) is 21.3. The Hall–Kier alpha value is -5.40. The van der Waals surface area contributed by atoms with Crippen molar-refractivity contribution in [2.24, 2.45) is 0 Å². The quantitative estimate of drug-likeness (QED) is 0.200. The minimum Gasteiger partial charge on any atom is -0.485 e. The fourth-order valence-corrected chi connectivity index (χ4v) is 7.25. The first-order valence-electron chi connectivity index (χ1n) is 15.0. The molecule has 0 spiro atoms. The van der Waals surface area contributed by atoms with Crippen LogP contribution in [0.3, 0.4) is 0 Å². The van der Waals surface area contributed by atoms with Crippen molar-refractivity contribution < 1.29 is 4.74 Å². The van der Waals surface area contributed by atoms with E-state index >= 15 is 0 Å². The van der Waals surface area contributed by atoms with Crippen molar-refractivity contribution in [1.82, 2.24) is 0 Å². The molecule has 1 heteroatoms. The maximum atomic E-state index is 6.19. The number of allylic oxidation sites excluding steroid dienone is 2. The third-order valence-electron chi connectivity index (χ3n) is 9.22. The second kappa shape index (κ2) is 9.58. The summed E-state index contributed by atoms with van der Waals surface area (Å²) in [7, 11) is 0. The summed E-state index contributed by atoms with van der Waals surface area (Å²) in [5.41, 5.74) is 8.84. The molecule has 7 aromatic carbocycles. The highest BCUT2D eigenvalue weighted by atomic mass is 16.5. The molecule has 1 aliphatic carbocycles. The lowest BCUT2D eigenvalue weighted by molar-refractivity contribution is 0.269. The number of hydrogen-bond donors (Lipinski definition) is 0. The van der Waals surface area contributed by atoms with Gasteiger partial charge in [0.05, 0.1) is 0 Å². The Balaban J connectivity index is 1.21. The molecule has 0 radical (unpaired) electrons. The Bertz CT molecular complexity index is 2210. The van der Waals surface area contributed by atoms with Gasteiger partial charge < -0.3 is 4.74 Å². The molecule has 43 heavy (non-hydrogen) atoms. The van der Waals surface area contributed by atoms with Crippen LogP contribution in [0, 0.1) is 0 Å². The van der Waals surface area contributed by atoms with Crippen LogP contribution in [0.25, 0.3) is 60.1 Å². The van der Waals surface area contributed by atoms with Crippen molar-refractivity contribution in [3.05, 3.63) is 169 Å². The summed E-state index contributed by atoms with van der Waals surface area (Å²) >= 11 is 0. The Morgan fingerprint density at radius 2 is 1.05 bits per heavy atom. The van der Waals surface area contributed by atoms with E-state index in [4.69, 9.17) is 4.74 Å². The summed E-state index contributed by atoms with van der Waals surface area (Å²) < 4.78 is 6.19. The molecule has 0 saturated heterocycles. The molecule has 2 unspecified atom stereocenters. The molecule has 0 aromatic heterocycles. The monoisotopic (exact) mass is 548 g/mol. The Morgan fingerprint density at radius 1 is 0.465 bits per heavy atom. The molecular weight excluding hydrogens is 520 g/mol. The van der Waals surface area contributed by atoms with Gasteiger partial charge in [0.2, 0.25) is 0 Å². The van der Waals surface area contributed by atoms with Crippen LogP contribution >= 0.6 is 0 Å². The van der Waals surface area contributed by atoms with Gasteiger partial charge >= 0.3 is 0 Å². The summed E-state index contributed by atoms with van der Waals surface area (Å²) in [6.07, 6.45) is 6.88. The van der Waals surface area contributed by atoms with Gasteiger partial charge in [-0.1, -0.05) is 146 Å². The lowest BCUT2D eigenvalue weighted by Crippen LogP contribution is -2.16. The number of hydrogen-bond acceptors (Lipinski definition) is 1. The lowest BCUT2D eigenvalue weighted by atomic mass is 9.84. The fraction of sp³-hybridized carbons (Fsp3) is 0.0476. The zero-order valence-corrected chi connectivity index (χ0v) is 23.6. The minimum atomic E-state index is 0.0819. The minimum absolute atomic E-state index is 0.0819. The van der Waals surface area contributed by atoms with Gasteiger partial charge in [0.1, 0.15) is 11.9 Å². The van der Waals surface area contributed by atoms with Gasteiger partial charge in [0.15, 0.2) is 0 Å². The van der Waals surface area contributed by atoms with Crippen LogP contribution in [0.15, 0.2) is 158 Å². The van der Waals surface area contributed by atoms with Crippen molar-refractivity contribution >= 4 is 37.9 Å². The molecule has 0 saturated carbocycles. The molecule has 1 nitrogen and oxygen atoms in total. The predicted octanol–water partition coefficient (Wildman–Crippen LogP) is 11.0. The Morgan fingerprint density at radius 3 is 1.79 bits per heavy atom. The van der Waals surface area contributed by atoms with Gasteiger partial charge in [-0.3, -0.25) is 0 Å². The average molecular weight is 549 g/mol. The highest BCUT2D eigenvalue weighted by Crippen LogP contribution is 2.46. The number of benzene rings is 7. The molecule has 1 aliphatic heterocycles. The van der Waals surface area contributed by atoms with Gasteiger partial charge in [-0.15, -0.1) is 0 Å². The van der Waals surface area contributed by atoms with Crippen LogP contribution in [0.2, 0.25) is 0 Å². The maximum Gasteiger partial charge on any atom is 0.128 e. The van der Waals surface area contributed by atoms with Crippen LogP contribution < -0.4 is 4.74 Å². The van der Waals surface area contributed by atoms with E-state index in [2.05, 4.69) is 152 Å². The van der Waals surface area contributed by atoms with Gasteiger partial charge in [-0.05, 0) is 77.9 Å². The lowest BCUT2D eigenvalue weighted by Gasteiger charge is -2.20. The van der Waals surface area contributed by atoms with Crippen molar-refractivity contribution in [2.75, 3.05) is 0 Å². The van der Waals surface area contributed by atoms with Gasteiger partial charge in [-0.25, -0.2) is 0 Å². The zero-order chi connectivity index (χ0) is 28.3. The van der Waals surface area contributed by atoms with E-state index in [1.165, 1.54) is 71.3 Å². The SMILES string of the molecule is C1=CC2Oc3ccccc3C2C=C1c1ccc(-c2c3ccccc3c(-c3cccc4ccccc34)c3ccccc23)cc1. The van der Waals surface area contributed by atoms with Gasteiger partial charge in [-0.2, -0.15) is 0 Å². The number of rotatable bonds is 3. The highest BCUT2D eigenvalue weighted by Gasteiger charge is 2.33. The molecule has 7 aromatic rings. The van der Waals surface area contributed by atoms with Crippen LogP contribution in [-0.2, 0) is 0 Å². The summed E-state index contributed by atoms with van der Waals surface area (Å²) in [6.45, 7) is 0. The highest BCUT2D eigenvalue weighted by molar-refractivity contribution is 6.23. The van der Waals surface area contributed by atoms with E-state index in [0.29, 0.717) is 0 Å². The van der Waals surface area contributed by atoms with E-state index in [0.717, 1.165) is 5.75 Å². The van der Waals surface area contributed by atoms with Crippen LogP contribution in [0.5, 0.6) is 5.75 Å². The molecule has 0 fully saturated rings. The summed E-state index contributed by atoms with van der Waals surface area (Å²) in [6, 6.07) is 50.7. The molecule has 0 amide bonds. The Labute approximate surface area is 251 Å². The second-order valence-corrected chi connectivity index (χ2v) is 11.6. The zero-order valence-electron chi connectivity index (χ0n) is 23.6. The molecule has 9 rings (SSSR count). The molecule has 2 aliphatic rings. The topological polar surface area (TPSA) is 9.23 Å². The molecule has 0 bridgehead atoms. The number of fused-ring (bicyclic) bond motifs is 6. The largest absolute Gasteiger partial charge is 0.485 e. The summed E-state index contributed by atoms with van der Waals surface area (Å²) in [5.74, 6) is 1.26. The first-order valence-corrected chi connectivity index (χ1v) is 15.0. The standard InChI is InChI=1S/C42H28O/c1-2-12-31-28(10-1)11-9-18-33(31)42-36-16-5-3-14-34(36)41(35-15-4-6-17-37(35)42)29-22-20-27(21-23-29)30-24-25-40-38(26-30)32-13-7-8-19-39(32)43-40/h1-26,38,40H. The molecule has 0 N–H and O–H groups in total. The number of para-hydroxylation sites is 1. The average Bonchev–Trinajstić information content (AvgIpc) is 3.45. The fourth-order valence-electron chi connectivity index (χ4n) is 7.25. The first kappa shape index (κ1) is 24.2. The summed E-state index contributed by atoms with van der Waals surface area (Å²) in [4.78, 5) is 0. The van der Waals surface area contributed by atoms with Crippen molar-refractivity contribution in [3.8, 4) is 28.0 Å². The molecule has 2 atom stereocenters. The third kappa shape index (κ3) is 3.78. The van der Waals surface area contributed by atoms with E-state index in [1.807, 2.05) is 6.07 Å². The van der Waals surface area contributed by atoms with Crippen LogP contribution in [0.4, 0.5) is 0 Å². The van der Waals surface area contributed by atoms with E-state index in [1.54, 1.807) is 0 Å². The Kier molecular flexibility index (Phi) is 5.39. The van der Waals surface area contributed by atoms with E-state index < -0.39 is 0 Å². The predicted molar refractivity (Wildman–Crippen MR) is 181 cm³/mol. The van der Waals surface area contributed by atoms with Crippen molar-refractivity contribution in [2.45, 2.75) is 12.0 Å². The van der Waals surface area contributed by atoms with Crippen molar-refractivity contribution in [1.29, 1.82) is 0 Å². The van der Waals surface area contributed by atoms with Gasteiger partial charge in [0, 0.05) is 11.5 Å². The van der Waals surface area contributed by atoms with Crippen molar-refractivity contribution in [3.63, 3.8) is 0 Å². The number of ether oxygens (including phenoxy) is 1.